The Morgan fingerprint density at radius 2 is 1.68 bits per heavy atom. The molecule has 0 spiro atoms. The first-order valence-electron chi connectivity index (χ1n) is 16.1. The number of carbonyl (C=O) groups is 2. The molecule has 47 heavy (non-hydrogen) atoms. The Morgan fingerprint density at radius 1 is 1.00 bits per heavy atom. The van der Waals surface area contributed by atoms with Crippen LogP contribution in [0.3, 0.4) is 0 Å². The van der Waals surface area contributed by atoms with Gasteiger partial charge in [0.05, 0.1) is 22.2 Å². The van der Waals surface area contributed by atoms with Gasteiger partial charge >= 0.3 is 5.97 Å². The van der Waals surface area contributed by atoms with Crippen LogP contribution in [0.15, 0.2) is 48.5 Å². The standard InChI is InChI=1S/C35H42N4O6S2/c1-23(40)36(2)27-12-15-29(38-16-18-39(19-17-38)47(4,43)44)26(20-27)22-45-28-13-10-25(11-14-28)33-32(24-8-6-5-7-9-24)34-30(37(33)3)21-31(46-34)35(41)42/h10-15,20-21,24H,5-9,16-19,22H2,1-4H3,(H,41,42). The van der Waals surface area contributed by atoms with E-state index in [2.05, 4.69) is 21.6 Å². The number of hydrogen-bond donors (Lipinski definition) is 1. The van der Waals surface area contributed by atoms with Crippen LogP contribution in [-0.2, 0) is 28.5 Å². The predicted molar refractivity (Wildman–Crippen MR) is 188 cm³/mol. The van der Waals surface area contributed by atoms with Crippen LogP contribution in [0.1, 0.15) is 65.7 Å². The first-order chi connectivity index (χ1) is 22.4. The van der Waals surface area contributed by atoms with Crippen LogP contribution >= 0.6 is 11.3 Å². The molecule has 1 amide bonds. The van der Waals surface area contributed by atoms with E-state index in [-0.39, 0.29) is 12.5 Å². The van der Waals surface area contributed by atoms with Gasteiger partial charge in [0.25, 0.3) is 0 Å². The van der Waals surface area contributed by atoms with Crippen LogP contribution in [0.5, 0.6) is 5.75 Å². The highest BCUT2D eigenvalue weighted by Gasteiger charge is 2.28. The minimum atomic E-state index is -3.25. The number of nitrogens with zero attached hydrogens (tertiary/aromatic N) is 4. The molecule has 1 saturated heterocycles. The molecule has 0 radical (unpaired) electrons. The minimum Gasteiger partial charge on any atom is -0.489 e. The molecule has 1 aliphatic carbocycles. The second-order valence-electron chi connectivity index (χ2n) is 12.6. The molecular formula is C35H42N4O6S2. The average molecular weight is 679 g/mol. The molecule has 2 aromatic heterocycles. The number of anilines is 2. The van der Waals surface area contributed by atoms with Crippen molar-refractivity contribution >= 4 is 54.8 Å². The van der Waals surface area contributed by atoms with Gasteiger partial charge in [-0.15, -0.1) is 11.3 Å². The molecular weight excluding hydrogens is 637 g/mol. The number of ether oxygens (including phenoxy) is 1. The Kier molecular flexibility index (Phi) is 9.37. The molecule has 0 unspecified atom stereocenters. The van der Waals surface area contributed by atoms with Gasteiger partial charge in [-0.25, -0.2) is 13.2 Å². The number of aromatic carboxylic acids is 1. The summed E-state index contributed by atoms with van der Waals surface area (Å²) in [5.41, 5.74) is 7.05. The van der Waals surface area contributed by atoms with Crippen molar-refractivity contribution in [3.05, 3.63) is 64.5 Å². The maximum absolute atomic E-state index is 12.1. The lowest BCUT2D eigenvalue weighted by Crippen LogP contribution is -2.48. The number of fused-ring (bicyclic) bond motifs is 1. The number of amides is 1. The number of hydrogen-bond acceptors (Lipinski definition) is 7. The third kappa shape index (κ3) is 6.77. The summed E-state index contributed by atoms with van der Waals surface area (Å²) in [5.74, 6) is 0.142. The Labute approximate surface area is 280 Å². The van der Waals surface area contributed by atoms with Crippen molar-refractivity contribution in [3.8, 4) is 17.0 Å². The summed E-state index contributed by atoms with van der Waals surface area (Å²) in [6, 6.07) is 15.7. The number of aryl methyl sites for hydroxylation is 1. The molecule has 4 aromatic rings. The first-order valence-corrected chi connectivity index (χ1v) is 18.7. The number of aromatic nitrogens is 1. The Balaban J connectivity index is 1.27. The van der Waals surface area contributed by atoms with Crippen molar-refractivity contribution in [2.75, 3.05) is 49.3 Å². The van der Waals surface area contributed by atoms with Crippen LogP contribution in [0.4, 0.5) is 11.4 Å². The van der Waals surface area contributed by atoms with E-state index in [1.165, 1.54) is 53.6 Å². The lowest BCUT2D eigenvalue weighted by atomic mass is 9.83. The first kappa shape index (κ1) is 33.0. The van der Waals surface area contributed by atoms with E-state index >= 15 is 0 Å². The zero-order valence-corrected chi connectivity index (χ0v) is 29.0. The van der Waals surface area contributed by atoms with E-state index in [1.54, 1.807) is 18.0 Å². The van der Waals surface area contributed by atoms with Gasteiger partial charge in [-0.05, 0) is 78.4 Å². The topological polar surface area (TPSA) is 112 Å². The number of sulfonamides is 1. The van der Waals surface area contributed by atoms with Gasteiger partial charge in [-0.1, -0.05) is 19.3 Å². The maximum atomic E-state index is 12.1. The summed E-state index contributed by atoms with van der Waals surface area (Å²) >= 11 is 1.38. The molecule has 250 valence electrons. The Bertz CT molecular complexity index is 1900. The van der Waals surface area contributed by atoms with Gasteiger partial charge in [0, 0.05) is 64.1 Å². The van der Waals surface area contributed by atoms with E-state index in [1.807, 2.05) is 37.4 Å². The van der Waals surface area contributed by atoms with E-state index in [0.717, 1.165) is 51.3 Å². The molecule has 6 rings (SSSR count). The molecule has 10 nitrogen and oxygen atoms in total. The largest absolute Gasteiger partial charge is 0.489 e. The fourth-order valence-corrected chi connectivity index (χ4v) is 8.95. The molecule has 2 aromatic carbocycles. The van der Waals surface area contributed by atoms with Crippen molar-refractivity contribution in [2.24, 2.45) is 7.05 Å². The molecule has 1 saturated carbocycles. The normalized spacial score (nSPS) is 16.5. The monoisotopic (exact) mass is 678 g/mol. The molecule has 1 N–H and O–H groups in total. The SMILES string of the molecule is CC(=O)N(C)c1ccc(N2CCN(S(C)(=O)=O)CC2)c(COc2ccc(-c3c(C4CCCCC4)c4sc(C(=O)O)cc4n3C)cc2)c1. The Hall–Kier alpha value is -3.87. The van der Waals surface area contributed by atoms with Gasteiger partial charge < -0.3 is 24.2 Å². The van der Waals surface area contributed by atoms with Crippen molar-refractivity contribution in [1.29, 1.82) is 0 Å². The summed E-state index contributed by atoms with van der Waals surface area (Å²) in [7, 11) is 0.515. The minimum absolute atomic E-state index is 0.0747. The van der Waals surface area contributed by atoms with Gasteiger partial charge in [0.2, 0.25) is 15.9 Å². The van der Waals surface area contributed by atoms with Crippen LogP contribution in [-0.4, -0.2) is 73.8 Å². The van der Waals surface area contributed by atoms with E-state index in [9.17, 15) is 23.1 Å². The second kappa shape index (κ2) is 13.3. The molecule has 2 fully saturated rings. The predicted octanol–water partition coefficient (Wildman–Crippen LogP) is 6.30. The van der Waals surface area contributed by atoms with Crippen LogP contribution < -0.4 is 14.5 Å². The van der Waals surface area contributed by atoms with Gasteiger partial charge in [-0.3, -0.25) is 4.79 Å². The lowest BCUT2D eigenvalue weighted by Gasteiger charge is -2.36. The highest BCUT2D eigenvalue weighted by atomic mass is 32.2. The van der Waals surface area contributed by atoms with Crippen LogP contribution in [0.25, 0.3) is 21.5 Å². The van der Waals surface area contributed by atoms with Gasteiger partial charge in [0.1, 0.15) is 17.2 Å². The smallest absolute Gasteiger partial charge is 0.345 e. The van der Waals surface area contributed by atoms with Crippen molar-refractivity contribution < 1.29 is 27.9 Å². The summed E-state index contributed by atoms with van der Waals surface area (Å²) < 4.78 is 35.2. The number of carbonyl (C=O) groups excluding carboxylic acids is 1. The summed E-state index contributed by atoms with van der Waals surface area (Å²) in [6.07, 6.45) is 7.07. The van der Waals surface area contributed by atoms with E-state index in [4.69, 9.17) is 4.74 Å². The average Bonchev–Trinajstić information content (AvgIpc) is 3.62. The number of benzene rings is 2. The number of piperazine rings is 1. The number of carboxylic acids is 1. The number of thiophene rings is 1. The van der Waals surface area contributed by atoms with E-state index < -0.39 is 16.0 Å². The highest BCUT2D eigenvalue weighted by molar-refractivity contribution is 7.88. The molecule has 1 aliphatic heterocycles. The van der Waals surface area contributed by atoms with Crippen molar-refractivity contribution in [3.63, 3.8) is 0 Å². The second-order valence-corrected chi connectivity index (χ2v) is 15.7. The maximum Gasteiger partial charge on any atom is 0.345 e. The summed E-state index contributed by atoms with van der Waals surface area (Å²) in [6.45, 7) is 3.73. The van der Waals surface area contributed by atoms with E-state index in [0.29, 0.717) is 42.7 Å². The lowest BCUT2D eigenvalue weighted by molar-refractivity contribution is -0.116. The van der Waals surface area contributed by atoms with Crippen LogP contribution in [0, 0.1) is 0 Å². The highest BCUT2D eigenvalue weighted by Crippen LogP contribution is 2.46. The fourth-order valence-electron chi connectivity index (χ4n) is 6.97. The fraction of sp³-hybridized carbons (Fsp3) is 0.429. The third-order valence-electron chi connectivity index (χ3n) is 9.63. The number of rotatable bonds is 9. The summed E-state index contributed by atoms with van der Waals surface area (Å²) in [5, 5.41) is 9.69. The number of carboxylic acid groups (broad SMARTS) is 1. The zero-order chi connectivity index (χ0) is 33.5. The summed E-state index contributed by atoms with van der Waals surface area (Å²) in [4.78, 5) is 28.1. The van der Waals surface area contributed by atoms with Crippen molar-refractivity contribution in [1.82, 2.24) is 8.87 Å². The molecule has 0 atom stereocenters. The Morgan fingerprint density at radius 3 is 2.30 bits per heavy atom. The zero-order valence-electron chi connectivity index (χ0n) is 27.4. The van der Waals surface area contributed by atoms with Gasteiger partial charge in [0.15, 0.2) is 0 Å². The van der Waals surface area contributed by atoms with Crippen molar-refractivity contribution in [2.45, 2.75) is 51.6 Å². The molecule has 2 aliphatic rings. The molecule has 12 heteroatoms. The van der Waals surface area contributed by atoms with Crippen LogP contribution in [0.2, 0.25) is 0 Å². The van der Waals surface area contributed by atoms with Gasteiger partial charge in [-0.2, -0.15) is 4.31 Å². The molecule has 0 bridgehead atoms. The quantitative estimate of drug-likeness (QED) is 0.221. The molecule has 3 heterocycles. The third-order valence-corrected chi connectivity index (χ3v) is 12.1.